The quantitative estimate of drug-likeness (QED) is 0.891. The molecule has 3 atom stereocenters. The van der Waals surface area contributed by atoms with Crippen molar-refractivity contribution < 1.29 is 13.9 Å². The van der Waals surface area contributed by atoms with Crippen LogP contribution in [0.1, 0.15) is 37.0 Å². The van der Waals surface area contributed by atoms with Crippen LogP contribution in [0.3, 0.4) is 0 Å². The number of amides is 1. The molecular weight excluding hydrogens is 259 g/mol. The van der Waals surface area contributed by atoms with Crippen LogP contribution in [0.25, 0.3) is 0 Å². The molecule has 1 aliphatic heterocycles. The van der Waals surface area contributed by atoms with Crippen molar-refractivity contribution in [1.82, 2.24) is 10.6 Å². The highest BCUT2D eigenvalue weighted by molar-refractivity contribution is 5.94. The molecule has 5 heteroatoms. The van der Waals surface area contributed by atoms with Crippen LogP contribution >= 0.6 is 0 Å². The van der Waals surface area contributed by atoms with Crippen LogP contribution in [-0.2, 0) is 0 Å². The first kappa shape index (κ1) is 14.8. The average Bonchev–Trinajstić information content (AvgIpc) is 2.42. The van der Waals surface area contributed by atoms with Crippen LogP contribution < -0.4 is 15.4 Å². The van der Waals surface area contributed by atoms with Gasteiger partial charge in [0.2, 0.25) is 0 Å². The number of methoxy groups -OCH3 is 1. The predicted molar refractivity (Wildman–Crippen MR) is 75.5 cm³/mol. The molecule has 3 unspecified atom stereocenters. The van der Waals surface area contributed by atoms with Gasteiger partial charge in [0, 0.05) is 23.7 Å². The molecule has 0 aliphatic carbocycles. The Morgan fingerprint density at radius 3 is 2.80 bits per heavy atom. The van der Waals surface area contributed by atoms with E-state index in [0.717, 1.165) is 12.8 Å². The number of rotatable bonds is 3. The number of hydrogen-bond acceptors (Lipinski definition) is 3. The number of halogens is 1. The van der Waals surface area contributed by atoms with E-state index in [1.165, 1.54) is 25.3 Å². The van der Waals surface area contributed by atoms with E-state index in [4.69, 9.17) is 4.74 Å². The van der Waals surface area contributed by atoms with Crippen molar-refractivity contribution in [3.63, 3.8) is 0 Å². The fraction of sp³-hybridized carbons (Fsp3) is 0.533. The Balaban J connectivity index is 2.05. The summed E-state index contributed by atoms with van der Waals surface area (Å²) in [4.78, 5) is 12.2. The Morgan fingerprint density at radius 2 is 2.15 bits per heavy atom. The summed E-state index contributed by atoms with van der Waals surface area (Å²) in [5.74, 6) is -0.580. The van der Waals surface area contributed by atoms with Gasteiger partial charge in [-0.1, -0.05) is 0 Å². The Morgan fingerprint density at radius 1 is 1.40 bits per heavy atom. The lowest BCUT2D eigenvalue weighted by Crippen LogP contribution is -2.54. The smallest absolute Gasteiger partial charge is 0.251 e. The van der Waals surface area contributed by atoms with E-state index in [-0.39, 0.29) is 23.7 Å². The van der Waals surface area contributed by atoms with E-state index in [0.29, 0.717) is 11.6 Å². The normalized spacial score (nSPS) is 26.1. The van der Waals surface area contributed by atoms with Crippen LogP contribution in [0.5, 0.6) is 5.75 Å². The van der Waals surface area contributed by atoms with Crippen molar-refractivity contribution in [3.05, 3.63) is 29.6 Å². The highest BCUT2D eigenvalue weighted by atomic mass is 19.1. The summed E-state index contributed by atoms with van der Waals surface area (Å²) in [6.45, 7) is 4.20. The van der Waals surface area contributed by atoms with Crippen LogP contribution in [-0.4, -0.2) is 31.1 Å². The summed E-state index contributed by atoms with van der Waals surface area (Å²) in [6.07, 6.45) is 1.97. The molecule has 20 heavy (non-hydrogen) atoms. The molecule has 0 bridgehead atoms. The van der Waals surface area contributed by atoms with Crippen LogP contribution in [0.2, 0.25) is 0 Å². The molecule has 0 radical (unpaired) electrons. The van der Waals surface area contributed by atoms with E-state index < -0.39 is 5.82 Å². The van der Waals surface area contributed by atoms with Gasteiger partial charge < -0.3 is 15.4 Å². The summed E-state index contributed by atoms with van der Waals surface area (Å²) >= 11 is 0. The van der Waals surface area contributed by atoms with Gasteiger partial charge in [-0.2, -0.15) is 0 Å². The molecule has 0 saturated carbocycles. The zero-order valence-corrected chi connectivity index (χ0v) is 12.1. The standard InChI is InChI=1S/C15H21FN2O2/c1-9-4-7-13(10(2)17-9)18-15(19)11-5-6-12(16)14(8-11)20-3/h5-6,8-10,13,17H,4,7H2,1-3H3,(H,18,19). The van der Waals surface area contributed by atoms with Gasteiger partial charge >= 0.3 is 0 Å². The first-order chi connectivity index (χ1) is 9.51. The zero-order valence-electron chi connectivity index (χ0n) is 12.1. The van der Waals surface area contributed by atoms with Crippen LogP contribution in [0.4, 0.5) is 4.39 Å². The van der Waals surface area contributed by atoms with Gasteiger partial charge in [0.05, 0.1) is 7.11 Å². The maximum atomic E-state index is 13.3. The van der Waals surface area contributed by atoms with Crippen molar-refractivity contribution >= 4 is 5.91 Å². The summed E-state index contributed by atoms with van der Waals surface area (Å²) < 4.78 is 18.2. The summed E-state index contributed by atoms with van der Waals surface area (Å²) in [6, 6.07) is 4.94. The molecule has 1 aliphatic rings. The first-order valence-electron chi connectivity index (χ1n) is 6.91. The molecule has 2 rings (SSSR count). The lowest BCUT2D eigenvalue weighted by atomic mass is 9.95. The van der Waals surface area contributed by atoms with Gasteiger partial charge in [-0.25, -0.2) is 4.39 Å². The number of piperidine rings is 1. The van der Waals surface area contributed by atoms with Crippen molar-refractivity contribution in [2.45, 2.75) is 44.8 Å². The minimum Gasteiger partial charge on any atom is -0.494 e. The van der Waals surface area contributed by atoms with Crippen LogP contribution in [0.15, 0.2) is 18.2 Å². The predicted octanol–water partition coefficient (Wildman–Crippen LogP) is 2.09. The molecule has 1 heterocycles. The Labute approximate surface area is 118 Å². The Hall–Kier alpha value is -1.62. The summed E-state index contributed by atoms with van der Waals surface area (Å²) in [5, 5.41) is 6.42. The highest BCUT2D eigenvalue weighted by Gasteiger charge is 2.26. The Bertz CT molecular complexity index is 493. The lowest BCUT2D eigenvalue weighted by molar-refractivity contribution is 0.0914. The topological polar surface area (TPSA) is 50.4 Å². The van der Waals surface area contributed by atoms with Gasteiger partial charge in [-0.05, 0) is 44.9 Å². The molecular formula is C15H21FN2O2. The molecule has 1 aromatic carbocycles. The summed E-state index contributed by atoms with van der Waals surface area (Å²) in [5.41, 5.74) is 0.411. The van der Waals surface area contributed by atoms with Crippen molar-refractivity contribution in [2.24, 2.45) is 0 Å². The fourth-order valence-electron chi connectivity index (χ4n) is 2.58. The second-order valence-electron chi connectivity index (χ2n) is 5.36. The molecule has 110 valence electrons. The van der Waals surface area contributed by atoms with E-state index >= 15 is 0 Å². The van der Waals surface area contributed by atoms with E-state index in [1.807, 2.05) is 0 Å². The highest BCUT2D eigenvalue weighted by Crippen LogP contribution is 2.19. The second kappa shape index (κ2) is 6.22. The second-order valence-corrected chi connectivity index (χ2v) is 5.36. The van der Waals surface area contributed by atoms with E-state index in [2.05, 4.69) is 24.5 Å². The number of benzene rings is 1. The molecule has 1 amide bonds. The van der Waals surface area contributed by atoms with E-state index in [9.17, 15) is 9.18 Å². The lowest BCUT2D eigenvalue weighted by Gasteiger charge is -2.34. The Kier molecular flexibility index (Phi) is 4.60. The van der Waals surface area contributed by atoms with Gasteiger partial charge in [0.25, 0.3) is 5.91 Å². The molecule has 1 saturated heterocycles. The largest absolute Gasteiger partial charge is 0.494 e. The third-order valence-electron chi connectivity index (χ3n) is 3.79. The molecule has 4 nitrogen and oxygen atoms in total. The van der Waals surface area contributed by atoms with Crippen LogP contribution in [0, 0.1) is 5.82 Å². The van der Waals surface area contributed by atoms with E-state index in [1.54, 1.807) is 0 Å². The molecule has 0 spiro atoms. The minimum atomic E-state index is -0.467. The fourth-order valence-corrected chi connectivity index (χ4v) is 2.58. The average molecular weight is 280 g/mol. The molecule has 0 aromatic heterocycles. The first-order valence-corrected chi connectivity index (χ1v) is 6.91. The van der Waals surface area contributed by atoms with Crippen molar-refractivity contribution in [2.75, 3.05) is 7.11 Å². The number of carbonyl (C=O) groups is 1. The van der Waals surface area contributed by atoms with Gasteiger partial charge in [-0.3, -0.25) is 4.79 Å². The molecule has 1 fully saturated rings. The molecule has 2 N–H and O–H groups in total. The third-order valence-corrected chi connectivity index (χ3v) is 3.79. The van der Waals surface area contributed by atoms with Gasteiger partial charge in [0.15, 0.2) is 11.6 Å². The number of nitrogens with one attached hydrogen (secondary N) is 2. The SMILES string of the molecule is COc1cc(C(=O)NC2CCC(C)NC2C)ccc1F. The summed E-state index contributed by atoms with van der Waals surface area (Å²) in [7, 11) is 1.38. The maximum Gasteiger partial charge on any atom is 0.251 e. The third kappa shape index (κ3) is 3.28. The number of carbonyl (C=O) groups excluding carboxylic acids is 1. The number of hydrogen-bond donors (Lipinski definition) is 2. The monoisotopic (exact) mass is 280 g/mol. The van der Waals surface area contributed by atoms with Gasteiger partial charge in [-0.15, -0.1) is 0 Å². The molecule has 1 aromatic rings. The van der Waals surface area contributed by atoms with Gasteiger partial charge in [0.1, 0.15) is 0 Å². The van der Waals surface area contributed by atoms with Crippen molar-refractivity contribution in [1.29, 1.82) is 0 Å². The maximum absolute atomic E-state index is 13.3. The zero-order chi connectivity index (χ0) is 14.7. The van der Waals surface area contributed by atoms with Crippen molar-refractivity contribution in [3.8, 4) is 5.75 Å². The number of ether oxygens (including phenoxy) is 1. The minimum absolute atomic E-state index is 0.0843.